The van der Waals surface area contributed by atoms with Crippen LogP contribution in [0.4, 0.5) is 0 Å². The summed E-state index contributed by atoms with van der Waals surface area (Å²) < 4.78 is 0. The van der Waals surface area contributed by atoms with Crippen molar-refractivity contribution < 1.29 is 5.11 Å². The third kappa shape index (κ3) is 7.89. The van der Waals surface area contributed by atoms with Crippen molar-refractivity contribution in [3.63, 3.8) is 0 Å². The molecule has 0 aromatic heterocycles. The second kappa shape index (κ2) is 7.00. The number of allylic oxidation sites excluding steroid dienone is 1. The van der Waals surface area contributed by atoms with Crippen molar-refractivity contribution in [1.29, 1.82) is 0 Å². The Kier molecular flexibility index (Phi) is 6.93. The molecule has 0 aromatic carbocycles. The molecule has 10 heavy (non-hydrogen) atoms. The second-order valence-electron chi connectivity index (χ2n) is 2.19. The predicted octanol–water partition coefficient (Wildman–Crippen LogP) is 3.14. The van der Waals surface area contributed by atoms with Crippen LogP contribution in [-0.4, -0.2) is 10.9 Å². The smallest absolute Gasteiger partial charge is 0.0989 e. The molecule has 0 saturated carbocycles. The van der Waals surface area contributed by atoms with E-state index in [4.69, 9.17) is 5.11 Å². The van der Waals surface area contributed by atoms with E-state index in [2.05, 4.69) is 13.8 Å². The molecule has 0 rings (SSSR count). The molecule has 0 heterocycles. The molecule has 0 atom stereocenters. The van der Waals surface area contributed by atoms with Gasteiger partial charge in [-0.3, -0.25) is 0 Å². The maximum absolute atomic E-state index is 8.64. The molecule has 0 aliphatic heterocycles. The van der Waals surface area contributed by atoms with E-state index in [1.165, 1.54) is 19.3 Å². The Labute approximate surface area is 67.5 Å². The van der Waals surface area contributed by atoms with Crippen molar-refractivity contribution in [2.75, 3.05) is 5.75 Å². The van der Waals surface area contributed by atoms with Gasteiger partial charge in [-0.2, -0.15) is 0 Å². The standard InChI is InChI=1S/C8H15OS/c1-3-4-5-6-10-7-8(2)9/h7,9H,2-6H2,1H3/b8-7-. The van der Waals surface area contributed by atoms with Gasteiger partial charge in [-0.1, -0.05) is 19.8 Å². The third-order valence-corrected chi connectivity index (χ3v) is 2.05. The van der Waals surface area contributed by atoms with Gasteiger partial charge < -0.3 is 5.11 Å². The molecule has 1 nitrogen and oxygen atoms in total. The Morgan fingerprint density at radius 1 is 1.60 bits per heavy atom. The third-order valence-electron chi connectivity index (χ3n) is 1.09. The molecule has 59 valence electrons. The topological polar surface area (TPSA) is 20.2 Å². The number of aliphatic hydroxyl groups excluding tert-OH is 1. The van der Waals surface area contributed by atoms with E-state index in [0.717, 1.165) is 5.75 Å². The molecule has 0 bridgehead atoms. The van der Waals surface area contributed by atoms with E-state index in [0.29, 0.717) is 0 Å². The van der Waals surface area contributed by atoms with Crippen LogP contribution in [0, 0.1) is 6.92 Å². The number of rotatable bonds is 5. The molecule has 0 aliphatic rings. The van der Waals surface area contributed by atoms with Gasteiger partial charge in [0.05, 0.1) is 5.76 Å². The maximum atomic E-state index is 8.64. The van der Waals surface area contributed by atoms with Crippen LogP contribution in [0.5, 0.6) is 0 Å². The van der Waals surface area contributed by atoms with Crippen molar-refractivity contribution in [3.05, 3.63) is 18.1 Å². The Balaban J connectivity index is 2.98. The average molecular weight is 159 g/mol. The normalized spacial score (nSPS) is 12.0. The van der Waals surface area contributed by atoms with Crippen molar-refractivity contribution >= 4 is 11.8 Å². The van der Waals surface area contributed by atoms with Crippen molar-refractivity contribution in [3.8, 4) is 0 Å². The Hall–Kier alpha value is -0.110. The molecule has 1 N–H and O–H groups in total. The van der Waals surface area contributed by atoms with Crippen LogP contribution < -0.4 is 0 Å². The van der Waals surface area contributed by atoms with Crippen LogP contribution >= 0.6 is 11.8 Å². The highest BCUT2D eigenvalue weighted by Crippen LogP contribution is 2.08. The molecule has 0 aromatic rings. The van der Waals surface area contributed by atoms with Crippen LogP contribution in [0.25, 0.3) is 0 Å². The molecule has 0 spiro atoms. The van der Waals surface area contributed by atoms with Crippen molar-refractivity contribution in [2.45, 2.75) is 26.2 Å². The summed E-state index contributed by atoms with van der Waals surface area (Å²) in [6.45, 7) is 5.53. The van der Waals surface area contributed by atoms with Gasteiger partial charge in [0.1, 0.15) is 0 Å². The average Bonchev–Trinajstić information content (AvgIpc) is 1.87. The highest BCUT2D eigenvalue weighted by atomic mass is 32.2. The second-order valence-corrected chi connectivity index (χ2v) is 3.16. The molecule has 0 aliphatic carbocycles. The lowest BCUT2D eigenvalue weighted by molar-refractivity contribution is 0.433. The van der Waals surface area contributed by atoms with Gasteiger partial charge >= 0.3 is 0 Å². The number of hydrogen-bond donors (Lipinski definition) is 1. The van der Waals surface area contributed by atoms with Gasteiger partial charge in [-0.15, -0.1) is 11.8 Å². The minimum atomic E-state index is 0.168. The lowest BCUT2D eigenvalue weighted by Gasteiger charge is -1.93. The highest BCUT2D eigenvalue weighted by molar-refractivity contribution is 8.02. The molecular weight excluding hydrogens is 144 g/mol. The Morgan fingerprint density at radius 3 is 2.80 bits per heavy atom. The molecule has 0 unspecified atom stereocenters. The maximum Gasteiger partial charge on any atom is 0.0989 e. The number of hydrogen-bond acceptors (Lipinski definition) is 2. The monoisotopic (exact) mass is 159 g/mol. The van der Waals surface area contributed by atoms with Gasteiger partial charge in [0.15, 0.2) is 0 Å². The fraction of sp³-hybridized carbons (Fsp3) is 0.625. The van der Waals surface area contributed by atoms with E-state index < -0.39 is 0 Å². The van der Waals surface area contributed by atoms with Gasteiger partial charge in [-0.05, 0) is 12.2 Å². The largest absolute Gasteiger partial charge is 0.512 e. The summed E-state index contributed by atoms with van der Waals surface area (Å²) in [5, 5.41) is 10.3. The van der Waals surface area contributed by atoms with Gasteiger partial charge in [0.25, 0.3) is 0 Å². The number of aliphatic hydroxyl groups is 1. The Bertz CT molecular complexity index is 95.4. The number of thioether (sulfide) groups is 1. The molecule has 1 radical (unpaired) electrons. The first-order valence-electron chi connectivity index (χ1n) is 3.60. The van der Waals surface area contributed by atoms with E-state index >= 15 is 0 Å². The fourth-order valence-electron chi connectivity index (χ4n) is 0.591. The summed E-state index contributed by atoms with van der Waals surface area (Å²) in [6.07, 6.45) is 3.75. The van der Waals surface area contributed by atoms with Gasteiger partial charge in [0, 0.05) is 12.3 Å². The zero-order valence-electron chi connectivity index (χ0n) is 6.47. The molecule has 0 amide bonds. The van der Waals surface area contributed by atoms with E-state index in [1.807, 2.05) is 0 Å². The van der Waals surface area contributed by atoms with Crippen LogP contribution in [0.1, 0.15) is 26.2 Å². The fourth-order valence-corrected chi connectivity index (χ4v) is 1.27. The van der Waals surface area contributed by atoms with Gasteiger partial charge in [-0.25, -0.2) is 0 Å². The van der Waals surface area contributed by atoms with Gasteiger partial charge in [0.2, 0.25) is 0 Å². The summed E-state index contributed by atoms with van der Waals surface area (Å²) in [6, 6.07) is 0. The minimum absolute atomic E-state index is 0.168. The summed E-state index contributed by atoms with van der Waals surface area (Å²) in [4.78, 5) is 0. The van der Waals surface area contributed by atoms with Crippen molar-refractivity contribution in [2.24, 2.45) is 0 Å². The molecule has 0 fully saturated rings. The first-order chi connectivity index (χ1) is 4.77. The first-order valence-corrected chi connectivity index (χ1v) is 4.65. The summed E-state index contributed by atoms with van der Waals surface area (Å²) in [5.41, 5.74) is 0. The van der Waals surface area contributed by atoms with Crippen LogP contribution in [0.15, 0.2) is 11.2 Å². The van der Waals surface area contributed by atoms with Crippen LogP contribution in [0.2, 0.25) is 0 Å². The highest BCUT2D eigenvalue weighted by Gasteiger charge is 1.85. The quantitative estimate of drug-likeness (QED) is 0.491. The minimum Gasteiger partial charge on any atom is -0.512 e. The lowest BCUT2D eigenvalue weighted by Crippen LogP contribution is -1.77. The first kappa shape index (κ1) is 9.89. The van der Waals surface area contributed by atoms with E-state index in [9.17, 15) is 0 Å². The predicted molar refractivity (Wildman–Crippen MR) is 48.1 cm³/mol. The van der Waals surface area contributed by atoms with Crippen LogP contribution in [0.3, 0.4) is 0 Å². The zero-order chi connectivity index (χ0) is 7.82. The van der Waals surface area contributed by atoms with Crippen LogP contribution in [-0.2, 0) is 0 Å². The number of unbranched alkanes of at least 4 members (excludes halogenated alkanes) is 2. The lowest BCUT2D eigenvalue weighted by atomic mass is 10.3. The molecular formula is C8H15OS. The van der Waals surface area contributed by atoms with E-state index in [-0.39, 0.29) is 5.76 Å². The summed E-state index contributed by atoms with van der Waals surface area (Å²) >= 11 is 1.63. The Morgan fingerprint density at radius 2 is 2.30 bits per heavy atom. The SMILES string of the molecule is [CH2]/C(O)=C/SCCCCC. The molecule has 0 saturated heterocycles. The zero-order valence-corrected chi connectivity index (χ0v) is 7.28. The van der Waals surface area contributed by atoms with E-state index in [1.54, 1.807) is 17.2 Å². The van der Waals surface area contributed by atoms with Crippen molar-refractivity contribution in [1.82, 2.24) is 0 Å². The molecule has 2 heteroatoms. The summed E-state index contributed by atoms with van der Waals surface area (Å²) in [5.74, 6) is 1.26. The summed E-state index contributed by atoms with van der Waals surface area (Å²) in [7, 11) is 0.